The number of hydrogen-bond acceptors (Lipinski definition) is 4. The maximum Gasteiger partial charge on any atom is 0.412 e. The molecular formula is C11H18N2O3. The summed E-state index contributed by atoms with van der Waals surface area (Å²) in [5.41, 5.74) is -0.267. The van der Waals surface area contributed by atoms with Crippen molar-refractivity contribution < 1.29 is 14.3 Å². The fourth-order valence-electron chi connectivity index (χ4n) is 1.29. The van der Waals surface area contributed by atoms with E-state index < -0.39 is 11.7 Å². The van der Waals surface area contributed by atoms with E-state index in [9.17, 15) is 9.59 Å². The van der Waals surface area contributed by atoms with Crippen molar-refractivity contribution in [1.82, 2.24) is 10.2 Å². The van der Waals surface area contributed by atoms with Gasteiger partial charge in [0.2, 0.25) is 0 Å². The molecule has 0 aliphatic carbocycles. The molecule has 0 aromatic rings. The van der Waals surface area contributed by atoms with Crippen molar-refractivity contribution in [2.75, 3.05) is 13.6 Å². The molecule has 0 bridgehead atoms. The summed E-state index contributed by atoms with van der Waals surface area (Å²) in [4.78, 5) is 24.8. The number of nitrogens with one attached hydrogen (secondary N) is 1. The Morgan fingerprint density at radius 2 is 2.12 bits per heavy atom. The molecule has 0 fully saturated rings. The molecule has 0 aromatic carbocycles. The van der Waals surface area contributed by atoms with Crippen LogP contribution in [0.1, 0.15) is 27.2 Å². The van der Waals surface area contributed by atoms with Gasteiger partial charge in [0.05, 0.1) is 0 Å². The van der Waals surface area contributed by atoms with Gasteiger partial charge < -0.3 is 9.64 Å². The number of amides is 1. The summed E-state index contributed by atoms with van der Waals surface area (Å²) in [5.74, 6) is -0.0658. The molecule has 0 spiro atoms. The number of ether oxygens (including phenoxy) is 1. The molecule has 1 aliphatic rings. The highest BCUT2D eigenvalue weighted by Crippen LogP contribution is 2.10. The van der Waals surface area contributed by atoms with Crippen molar-refractivity contribution in [3.8, 4) is 0 Å². The minimum Gasteiger partial charge on any atom is -0.444 e. The van der Waals surface area contributed by atoms with Crippen molar-refractivity contribution in [2.45, 2.75) is 32.8 Å². The Morgan fingerprint density at radius 1 is 1.50 bits per heavy atom. The maximum absolute atomic E-state index is 11.5. The van der Waals surface area contributed by atoms with Crippen molar-refractivity contribution in [1.29, 1.82) is 0 Å². The van der Waals surface area contributed by atoms with Crippen LogP contribution in [0.3, 0.4) is 0 Å². The van der Waals surface area contributed by atoms with E-state index in [-0.39, 0.29) is 5.78 Å². The summed E-state index contributed by atoms with van der Waals surface area (Å²) in [6.07, 6.45) is 1.44. The second kappa shape index (κ2) is 4.55. The normalized spacial score (nSPS) is 16.9. The molecule has 1 rings (SSSR count). The molecule has 16 heavy (non-hydrogen) atoms. The second-order valence-electron chi connectivity index (χ2n) is 4.82. The standard InChI is InChI=1S/C11H18N2O3/c1-11(2,3)16-10(15)12-8-7-13(4)6-5-9(8)14/h7H,5-6H2,1-4H3,(H,12,15). The van der Waals surface area contributed by atoms with Gasteiger partial charge in [0.15, 0.2) is 5.78 Å². The van der Waals surface area contributed by atoms with Gasteiger partial charge in [0.1, 0.15) is 11.3 Å². The van der Waals surface area contributed by atoms with Crippen LogP contribution < -0.4 is 5.32 Å². The summed E-state index contributed by atoms with van der Waals surface area (Å²) < 4.78 is 5.06. The van der Waals surface area contributed by atoms with Crippen molar-refractivity contribution >= 4 is 11.9 Å². The smallest absolute Gasteiger partial charge is 0.412 e. The fraction of sp³-hybridized carbons (Fsp3) is 0.636. The Kier molecular flexibility index (Phi) is 3.57. The van der Waals surface area contributed by atoms with Gasteiger partial charge in [0.25, 0.3) is 0 Å². The molecule has 0 radical (unpaired) electrons. The van der Waals surface area contributed by atoms with Crippen molar-refractivity contribution in [3.63, 3.8) is 0 Å². The highest BCUT2D eigenvalue weighted by atomic mass is 16.6. The van der Waals surface area contributed by atoms with Crippen molar-refractivity contribution in [3.05, 3.63) is 11.9 Å². The molecule has 5 nitrogen and oxygen atoms in total. The van der Waals surface area contributed by atoms with E-state index in [0.29, 0.717) is 18.7 Å². The van der Waals surface area contributed by atoms with Gasteiger partial charge in [-0.2, -0.15) is 0 Å². The first-order valence-corrected chi connectivity index (χ1v) is 5.23. The van der Waals surface area contributed by atoms with E-state index in [1.165, 1.54) is 0 Å². The minimum atomic E-state index is -0.595. The lowest BCUT2D eigenvalue weighted by molar-refractivity contribution is -0.116. The van der Waals surface area contributed by atoms with Crippen LogP contribution >= 0.6 is 0 Å². The number of Topliss-reactive ketones (excluding diaryl/α,β-unsaturated/α-hetero) is 1. The van der Waals surface area contributed by atoms with Crippen LogP contribution in [0.25, 0.3) is 0 Å². The number of rotatable bonds is 1. The maximum atomic E-state index is 11.5. The Balaban J connectivity index is 2.60. The SMILES string of the molecule is CN1C=C(NC(=O)OC(C)(C)C)C(=O)CC1. The number of nitrogens with zero attached hydrogens (tertiary/aromatic N) is 1. The first-order valence-electron chi connectivity index (χ1n) is 5.23. The van der Waals surface area contributed by atoms with Gasteiger partial charge in [-0.25, -0.2) is 4.79 Å². The lowest BCUT2D eigenvalue weighted by Crippen LogP contribution is -2.37. The van der Waals surface area contributed by atoms with E-state index in [4.69, 9.17) is 4.74 Å². The van der Waals surface area contributed by atoms with E-state index in [2.05, 4.69) is 5.32 Å². The Hall–Kier alpha value is -1.52. The summed E-state index contributed by atoms with van der Waals surface area (Å²) in [6.45, 7) is 6.00. The predicted octanol–water partition coefficient (Wildman–Crippen LogP) is 1.26. The van der Waals surface area contributed by atoms with Gasteiger partial charge in [0, 0.05) is 26.2 Å². The van der Waals surface area contributed by atoms with Crippen LogP contribution in [-0.4, -0.2) is 36.0 Å². The molecule has 0 atom stereocenters. The lowest BCUT2D eigenvalue weighted by Gasteiger charge is -2.24. The molecule has 1 N–H and O–H groups in total. The highest BCUT2D eigenvalue weighted by molar-refractivity contribution is 5.98. The largest absolute Gasteiger partial charge is 0.444 e. The monoisotopic (exact) mass is 226 g/mol. The quantitative estimate of drug-likeness (QED) is 0.731. The average Bonchev–Trinajstić information content (AvgIpc) is 2.08. The summed E-state index contributed by atoms with van der Waals surface area (Å²) in [7, 11) is 1.85. The van der Waals surface area contributed by atoms with Crippen LogP contribution in [0.5, 0.6) is 0 Å². The third-order valence-electron chi connectivity index (χ3n) is 1.98. The van der Waals surface area contributed by atoms with Gasteiger partial charge in [-0.1, -0.05) is 0 Å². The molecule has 1 heterocycles. The Bertz CT molecular complexity index is 329. The molecule has 0 saturated carbocycles. The van der Waals surface area contributed by atoms with Crippen LogP contribution in [0, 0.1) is 0 Å². The number of carbonyl (C=O) groups is 2. The van der Waals surface area contributed by atoms with Gasteiger partial charge in [-0.15, -0.1) is 0 Å². The summed E-state index contributed by atoms with van der Waals surface area (Å²) in [6, 6.07) is 0. The van der Waals surface area contributed by atoms with Gasteiger partial charge in [-0.3, -0.25) is 10.1 Å². The van der Waals surface area contributed by atoms with E-state index in [1.807, 2.05) is 11.9 Å². The average molecular weight is 226 g/mol. The summed E-state index contributed by atoms with van der Waals surface area (Å²) in [5, 5.41) is 2.46. The third kappa shape index (κ3) is 3.92. The van der Waals surface area contributed by atoms with Gasteiger partial charge in [-0.05, 0) is 20.8 Å². The molecule has 0 unspecified atom stereocenters. The molecule has 0 aromatic heterocycles. The zero-order chi connectivity index (χ0) is 12.3. The Morgan fingerprint density at radius 3 is 2.69 bits per heavy atom. The first-order chi connectivity index (χ1) is 7.28. The number of allylic oxidation sites excluding steroid dienone is 1. The molecule has 90 valence electrons. The fourth-order valence-corrected chi connectivity index (χ4v) is 1.29. The van der Waals surface area contributed by atoms with Crippen LogP contribution in [0.15, 0.2) is 11.9 Å². The van der Waals surface area contributed by atoms with E-state index in [0.717, 1.165) is 0 Å². The molecule has 1 aliphatic heterocycles. The molecule has 0 saturated heterocycles. The minimum absolute atomic E-state index is 0.0658. The highest BCUT2D eigenvalue weighted by Gasteiger charge is 2.21. The predicted molar refractivity (Wildman–Crippen MR) is 59.7 cm³/mol. The lowest BCUT2D eigenvalue weighted by atomic mass is 10.1. The van der Waals surface area contributed by atoms with E-state index in [1.54, 1.807) is 27.0 Å². The topological polar surface area (TPSA) is 58.6 Å². The molecular weight excluding hydrogens is 208 g/mol. The van der Waals surface area contributed by atoms with Crippen LogP contribution in [0.4, 0.5) is 4.79 Å². The number of carbonyl (C=O) groups excluding carboxylic acids is 2. The first kappa shape index (κ1) is 12.5. The second-order valence-corrected chi connectivity index (χ2v) is 4.82. The Labute approximate surface area is 95.4 Å². The molecule has 5 heteroatoms. The number of hydrogen-bond donors (Lipinski definition) is 1. The van der Waals surface area contributed by atoms with Crippen LogP contribution in [0.2, 0.25) is 0 Å². The third-order valence-corrected chi connectivity index (χ3v) is 1.98. The molecule has 1 amide bonds. The number of alkyl carbamates (subject to hydrolysis) is 1. The summed E-state index contributed by atoms with van der Waals surface area (Å²) >= 11 is 0. The zero-order valence-electron chi connectivity index (χ0n) is 10.2. The van der Waals surface area contributed by atoms with E-state index >= 15 is 0 Å². The van der Waals surface area contributed by atoms with Crippen molar-refractivity contribution in [2.24, 2.45) is 0 Å². The van der Waals surface area contributed by atoms with Gasteiger partial charge >= 0.3 is 6.09 Å². The number of ketones is 1. The van der Waals surface area contributed by atoms with Crippen LogP contribution in [-0.2, 0) is 9.53 Å². The zero-order valence-corrected chi connectivity index (χ0v) is 10.2.